The first-order valence-corrected chi connectivity index (χ1v) is 4.04. The molecule has 0 fully saturated rings. The van der Waals surface area contributed by atoms with Crippen LogP contribution in [0.4, 0.5) is 5.69 Å². The van der Waals surface area contributed by atoms with E-state index in [-0.39, 0.29) is 6.10 Å². The molecule has 1 atom stereocenters. The first-order chi connectivity index (χ1) is 5.65. The van der Waals surface area contributed by atoms with Gasteiger partial charge in [-0.1, -0.05) is 12.1 Å². The Morgan fingerprint density at radius 3 is 2.58 bits per heavy atom. The maximum Gasteiger partial charge on any atom is 0.0793 e. The Labute approximate surface area is 73.3 Å². The van der Waals surface area contributed by atoms with Crippen molar-refractivity contribution < 1.29 is 4.74 Å². The summed E-state index contributed by atoms with van der Waals surface area (Å²) in [6.45, 7) is 4.02. The summed E-state index contributed by atoms with van der Waals surface area (Å²) >= 11 is 0. The first-order valence-electron chi connectivity index (χ1n) is 4.04. The van der Waals surface area contributed by atoms with E-state index in [1.54, 1.807) is 7.11 Å². The molecule has 2 heteroatoms. The number of anilines is 1. The second-order valence-electron chi connectivity index (χ2n) is 2.99. The van der Waals surface area contributed by atoms with Crippen molar-refractivity contribution in [2.75, 3.05) is 12.8 Å². The van der Waals surface area contributed by atoms with Crippen LogP contribution in [0.15, 0.2) is 18.2 Å². The molecule has 0 bridgehead atoms. The average molecular weight is 165 g/mol. The van der Waals surface area contributed by atoms with Crippen molar-refractivity contribution in [3.05, 3.63) is 29.3 Å². The molecule has 0 spiro atoms. The predicted molar refractivity (Wildman–Crippen MR) is 51.0 cm³/mol. The summed E-state index contributed by atoms with van der Waals surface area (Å²) in [5.74, 6) is 0. The zero-order valence-electron chi connectivity index (χ0n) is 7.79. The van der Waals surface area contributed by atoms with E-state index >= 15 is 0 Å². The monoisotopic (exact) mass is 165 g/mol. The molecule has 2 N–H and O–H groups in total. The molecule has 1 aromatic carbocycles. The van der Waals surface area contributed by atoms with Gasteiger partial charge in [-0.05, 0) is 31.0 Å². The molecule has 0 aliphatic heterocycles. The molecular formula is C10H15NO. The summed E-state index contributed by atoms with van der Waals surface area (Å²) in [5.41, 5.74) is 8.80. The lowest BCUT2D eigenvalue weighted by atomic mass is 10.1. The number of aryl methyl sites for hydroxylation is 1. The second kappa shape index (κ2) is 3.59. The third-order valence-electron chi connectivity index (χ3n) is 2.12. The van der Waals surface area contributed by atoms with Crippen LogP contribution >= 0.6 is 0 Å². The second-order valence-corrected chi connectivity index (χ2v) is 2.99. The van der Waals surface area contributed by atoms with Crippen molar-refractivity contribution in [3.63, 3.8) is 0 Å². The van der Waals surface area contributed by atoms with Crippen molar-refractivity contribution in [3.8, 4) is 0 Å². The summed E-state index contributed by atoms with van der Waals surface area (Å²) in [6, 6.07) is 5.97. The molecule has 0 saturated heterocycles. The maximum atomic E-state index is 5.69. The van der Waals surface area contributed by atoms with Crippen LogP contribution in [0.3, 0.4) is 0 Å². The van der Waals surface area contributed by atoms with Crippen LogP contribution in [-0.2, 0) is 4.74 Å². The minimum absolute atomic E-state index is 0.143. The van der Waals surface area contributed by atoms with E-state index in [0.717, 1.165) is 11.3 Å². The number of benzene rings is 1. The summed E-state index contributed by atoms with van der Waals surface area (Å²) in [5, 5.41) is 0. The highest BCUT2D eigenvalue weighted by molar-refractivity contribution is 5.47. The maximum absolute atomic E-state index is 5.69. The van der Waals surface area contributed by atoms with Gasteiger partial charge in [-0.3, -0.25) is 0 Å². The van der Waals surface area contributed by atoms with Crippen LogP contribution in [-0.4, -0.2) is 7.11 Å². The van der Waals surface area contributed by atoms with Gasteiger partial charge in [0.2, 0.25) is 0 Å². The Morgan fingerprint density at radius 1 is 1.42 bits per heavy atom. The van der Waals surface area contributed by atoms with Crippen LogP contribution in [0, 0.1) is 6.92 Å². The van der Waals surface area contributed by atoms with Gasteiger partial charge in [-0.15, -0.1) is 0 Å². The van der Waals surface area contributed by atoms with Gasteiger partial charge in [0.1, 0.15) is 0 Å². The van der Waals surface area contributed by atoms with Crippen molar-refractivity contribution in [1.29, 1.82) is 0 Å². The number of hydrogen-bond donors (Lipinski definition) is 1. The Bertz CT molecular complexity index is 271. The highest BCUT2D eigenvalue weighted by Crippen LogP contribution is 2.20. The smallest absolute Gasteiger partial charge is 0.0793 e. The number of hydrogen-bond acceptors (Lipinski definition) is 2. The van der Waals surface area contributed by atoms with Crippen molar-refractivity contribution in [2.24, 2.45) is 0 Å². The van der Waals surface area contributed by atoms with Crippen LogP contribution in [0.1, 0.15) is 24.2 Å². The highest BCUT2D eigenvalue weighted by Gasteiger charge is 2.03. The molecule has 1 unspecified atom stereocenters. The average Bonchev–Trinajstić information content (AvgIpc) is 2.08. The minimum atomic E-state index is 0.143. The summed E-state index contributed by atoms with van der Waals surface area (Å²) in [4.78, 5) is 0. The molecule has 0 amide bonds. The molecule has 12 heavy (non-hydrogen) atoms. The summed E-state index contributed by atoms with van der Waals surface area (Å²) in [7, 11) is 1.70. The summed E-state index contributed by atoms with van der Waals surface area (Å²) in [6.07, 6.45) is 0.143. The van der Waals surface area contributed by atoms with Gasteiger partial charge in [0, 0.05) is 12.8 Å². The van der Waals surface area contributed by atoms with Gasteiger partial charge in [-0.2, -0.15) is 0 Å². The largest absolute Gasteiger partial charge is 0.399 e. The number of rotatable bonds is 2. The fraction of sp³-hybridized carbons (Fsp3) is 0.400. The molecular weight excluding hydrogens is 150 g/mol. The van der Waals surface area contributed by atoms with Gasteiger partial charge < -0.3 is 10.5 Å². The Hall–Kier alpha value is -1.02. The lowest BCUT2D eigenvalue weighted by molar-refractivity contribution is 0.119. The van der Waals surface area contributed by atoms with Crippen molar-refractivity contribution in [2.45, 2.75) is 20.0 Å². The molecule has 0 aliphatic carbocycles. The molecule has 0 saturated carbocycles. The van der Waals surface area contributed by atoms with E-state index in [1.165, 1.54) is 5.56 Å². The highest BCUT2D eigenvalue weighted by atomic mass is 16.5. The van der Waals surface area contributed by atoms with Crippen LogP contribution in [0.25, 0.3) is 0 Å². The molecule has 2 nitrogen and oxygen atoms in total. The molecule has 66 valence electrons. The van der Waals surface area contributed by atoms with Crippen LogP contribution in [0.2, 0.25) is 0 Å². The number of ether oxygens (including phenoxy) is 1. The van der Waals surface area contributed by atoms with Gasteiger partial charge in [0.05, 0.1) is 6.10 Å². The van der Waals surface area contributed by atoms with Gasteiger partial charge in [-0.25, -0.2) is 0 Å². The zero-order valence-corrected chi connectivity index (χ0v) is 7.79. The zero-order chi connectivity index (χ0) is 9.14. The molecule has 0 aliphatic rings. The fourth-order valence-electron chi connectivity index (χ4n) is 1.09. The molecule has 0 radical (unpaired) electrons. The third kappa shape index (κ3) is 1.77. The lowest BCUT2D eigenvalue weighted by Crippen LogP contribution is -1.97. The molecule has 0 heterocycles. The van der Waals surface area contributed by atoms with Gasteiger partial charge in [0.15, 0.2) is 0 Å². The fourth-order valence-corrected chi connectivity index (χ4v) is 1.09. The minimum Gasteiger partial charge on any atom is -0.399 e. The van der Waals surface area contributed by atoms with Gasteiger partial charge >= 0.3 is 0 Å². The van der Waals surface area contributed by atoms with E-state index in [9.17, 15) is 0 Å². The number of nitrogens with two attached hydrogens (primary N) is 1. The SMILES string of the molecule is COC(C)c1ccc(N)c(C)c1. The Kier molecular flexibility index (Phi) is 2.71. The van der Waals surface area contributed by atoms with Crippen LogP contribution in [0.5, 0.6) is 0 Å². The molecule has 0 aromatic heterocycles. The van der Waals surface area contributed by atoms with E-state index in [1.807, 2.05) is 26.0 Å². The van der Waals surface area contributed by atoms with Gasteiger partial charge in [0.25, 0.3) is 0 Å². The molecule has 1 aromatic rings. The number of methoxy groups -OCH3 is 1. The molecule has 1 rings (SSSR count). The Morgan fingerprint density at radius 2 is 2.08 bits per heavy atom. The van der Waals surface area contributed by atoms with Crippen molar-refractivity contribution >= 4 is 5.69 Å². The number of nitrogen functional groups attached to an aromatic ring is 1. The van der Waals surface area contributed by atoms with Crippen LogP contribution < -0.4 is 5.73 Å². The summed E-state index contributed by atoms with van der Waals surface area (Å²) < 4.78 is 5.19. The third-order valence-corrected chi connectivity index (χ3v) is 2.12. The Balaban J connectivity index is 2.96. The van der Waals surface area contributed by atoms with E-state index < -0.39 is 0 Å². The quantitative estimate of drug-likeness (QED) is 0.682. The normalized spacial score (nSPS) is 12.9. The van der Waals surface area contributed by atoms with Crippen molar-refractivity contribution in [1.82, 2.24) is 0 Å². The van der Waals surface area contributed by atoms with E-state index in [2.05, 4.69) is 6.07 Å². The van der Waals surface area contributed by atoms with E-state index in [0.29, 0.717) is 0 Å². The topological polar surface area (TPSA) is 35.2 Å². The standard InChI is InChI=1S/C10H15NO/c1-7-6-9(8(2)12-3)4-5-10(7)11/h4-6,8H,11H2,1-3H3. The first kappa shape index (κ1) is 9.07. The predicted octanol–water partition coefficient (Wildman–Crippen LogP) is 2.28. The lowest BCUT2D eigenvalue weighted by Gasteiger charge is -2.11. The van der Waals surface area contributed by atoms with E-state index in [4.69, 9.17) is 10.5 Å².